The average Bonchev–Trinajstić information content (AvgIpc) is 2.79. The number of primary amides is 1. The maximum absolute atomic E-state index is 12.3. The number of aromatic nitrogens is 1. The maximum atomic E-state index is 12.3. The first-order chi connectivity index (χ1) is 14.9. The summed E-state index contributed by atoms with van der Waals surface area (Å²) in [5.41, 5.74) is 9.47. The van der Waals surface area contributed by atoms with E-state index < -0.39 is 22.7 Å². The van der Waals surface area contributed by atoms with Crippen LogP contribution < -0.4 is 21.9 Å². The van der Waals surface area contributed by atoms with Crippen molar-refractivity contribution in [3.05, 3.63) is 110 Å². The fourth-order valence-electron chi connectivity index (χ4n) is 3.61. The predicted molar refractivity (Wildman–Crippen MR) is 121 cm³/mol. The Labute approximate surface area is 179 Å². The van der Waals surface area contributed by atoms with E-state index in [4.69, 9.17) is 5.73 Å². The summed E-state index contributed by atoms with van der Waals surface area (Å²) in [4.78, 5) is 40.6. The molecular weight excluding hydrogens is 390 g/mol. The highest BCUT2D eigenvalue weighted by Crippen LogP contribution is 2.28. The molecule has 3 N–H and O–H groups in total. The molecule has 31 heavy (non-hydrogen) atoms. The van der Waals surface area contributed by atoms with Crippen molar-refractivity contribution in [2.75, 3.05) is 5.32 Å². The molecule has 0 spiro atoms. The number of anilines is 2. The number of carbonyl (C=O) groups is 1. The van der Waals surface area contributed by atoms with Crippen LogP contribution in [-0.2, 0) is 11.2 Å². The minimum Gasteiger partial charge on any atom is -0.369 e. The van der Waals surface area contributed by atoms with Gasteiger partial charge in [-0.3, -0.25) is 19.4 Å². The number of benzene rings is 2. The van der Waals surface area contributed by atoms with Gasteiger partial charge in [0.2, 0.25) is 16.8 Å². The fraction of sp³-hybridized carbons (Fsp3) is 0.120. The van der Waals surface area contributed by atoms with Crippen LogP contribution >= 0.6 is 0 Å². The van der Waals surface area contributed by atoms with Crippen molar-refractivity contribution < 1.29 is 4.79 Å². The van der Waals surface area contributed by atoms with Gasteiger partial charge in [0, 0.05) is 23.6 Å². The van der Waals surface area contributed by atoms with Crippen molar-refractivity contribution in [2.24, 2.45) is 5.73 Å². The first-order valence-corrected chi connectivity index (χ1v) is 9.89. The van der Waals surface area contributed by atoms with Crippen molar-refractivity contribution in [1.29, 1.82) is 0 Å². The molecule has 6 nitrogen and oxygen atoms in total. The number of hydrogen-bond donors (Lipinski definition) is 2. The van der Waals surface area contributed by atoms with Crippen LogP contribution in [0.5, 0.6) is 0 Å². The highest BCUT2D eigenvalue weighted by molar-refractivity contribution is 5.83. The second kappa shape index (κ2) is 8.36. The lowest BCUT2D eigenvalue weighted by Gasteiger charge is -2.19. The van der Waals surface area contributed by atoms with Gasteiger partial charge >= 0.3 is 0 Å². The largest absolute Gasteiger partial charge is 0.369 e. The number of nitrogens with two attached hydrogens (primary N) is 1. The number of aryl methyl sites for hydroxylation is 1. The summed E-state index contributed by atoms with van der Waals surface area (Å²) in [6, 6.07) is 19.0. The van der Waals surface area contributed by atoms with Gasteiger partial charge in [0.15, 0.2) is 0 Å². The highest BCUT2D eigenvalue weighted by atomic mass is 16.2. The lowest BCUT2D eigenvalue weighted by molar-refractivity contribution is -0.119. The van der Waals surface area contributed by atoms with Gasteiger partial charge in [-0.05, 0) is 42.2 Å². The molecule has 3 aromatic carbocycles. The quantitative estimate of drug-likeness (QED) is 0.455. The minimum absolute atomic E-state index is 0.0602. The van der Waals surface area contributed by atoms with E-state index in [1.807, 2.05) is 55.5 Å². The molecule has 0 aliphatic rings. The van der Waals surface area contributed by atoms with Crippen LogP contribution in [0.1, 0.15) is 22.6 Å². The number of hydrogen-bond acceptors (Lipinski definition) is 5. The van der Waals surface area contributed by atoms with Crippen molar-refractivity contribution in [1.82, 2.24) is 4.98 Å². The normalized spacial score (nSPS) is 11.9. The first-order valence-electron chi connectivity index (χ1n) is 9.89. The molecule has 0 saturated carbocycles. The van der Waals surface area contributed by atoms with Gasteiger partial charge in [0.05, 0.1) is 11.6 Å². The van der Waals surface area contributed by atoms with Gasteiger partial charge in [0.25, 0.3) is 0 Å². The SMILES string of the molecule is Cc1ccc(-c2cccc(C(Cc3c(Nc4ccncc4)c(=O)c3=O)C(N)=O)c2)cc1. The van der Waals surface area contributed by atoms with Crippen molar-refractivity contribution in [3.8, 4) is 11.1 Å². The monoisotopic (exact) mass is 411 g/mol. The lowest BCUT2D eigenvalue weighted by Crippen LogP contribution is -2.39. The van der Waals surface area contributed by atoms with E-state index in [9.17, 15) is 14.4 Å². The van der Waals surface area contributed by atoms with Crippen LogP contribution in [0.4, 0.5) is 11.4 Å². The summed E-state index contributed by atoms with van der Waals surface area (Å²) in [6.45, 7) is 2.02. The zero-order valence-electron chi connectivity index (χ0n) is 17.0. The third kappa shape index (κ3) is 4.14. The summed E-state index contributed by atoms with van der Waals surface area (Å²) >= 11 is 0. The Hall–Kier alpha value is -4.06. The van der Waals surface area contributed by atoms with E-state index in [-0.39, 0.29) is 17.7 Å². The van der Waals surface area contributed by atoms with Crippen LogP contribution in [0.2, 0.25) is 0 Å². The van der Waals surface area contributed by atoms with Crippen LogP contribution in [0.15, 0.2) is 82.6 Å². The second-order valence-corrected chi connectivity index (χ2v) is 7.52. The lowest BCUT2D eigenvalue weighted by atomic mass is 9.87. The third-order valence-electron chi connectivity index (χ3n) is 5.38. The van der Waals surface area contributed by atoms with Gasteiger partial charge in [0.1, 0.15) is 0 Å². The molecule has 1 unspecified atom stereocenters. The molecule has 0 radical (unpaired) electrons. The number of pyridine rings is 1. The molecule has 4 rings (SSSR count). The summed E-state index contributed by atoms with van der Waals surface area (Å²) in [7, 11) is 0. The molecule has 0 saturated heterocycles. The summed E-state index contributed by atoms with van der Waals surface area (Å²) in [6.07, 6.45) is 3.22. The first kappa shape index (κ1) is 20.2. The summed E-state index contributed by atoms with van der Waals surface area (Å²) < 4.78 is 0. The van der Waals surface area contributed by atoms with E-state index >= 15 is 0 Å². The van der Waals surface area contributed by atoms with Crippen molar-refractivity contribution in [2.45, 2.75) is 19.3 Å². The molecule has 0 fully saturated rings. The smallest absolute Gasteiger partial charge is 0.249 e. The molecule has 6 heteroatoms. The Morgan fingerprint density at radius 1 is 0.968 bits per heavy atom. The molecule has 1 atom stereocenters. The van der Waals surface area contributed by atoms with Crippen LogP contribution in [0.3, 0.4) is 0 Å². The Morgan fingerprint density at radius 3 is 2.35 bits per heavy atom. The topological polar surface area (TPSA) is 102 Å². The standard InChI is InChI=1S/C25H21N3O3/c1-15-5-7-16(8-6-15)17-3-2-4-18(13-17)20(25(26)31)14-21-22(24(30)23(21)29)28-19-9-11-27-12-10-19/h2-13,20H,14H2,1H3,(H2,26,31)(H,27,28). The zero-order chi connectivity index (χ0) is 22.0. The molecule has 0 aliphatic carbocycles. The predicted octanol–water partition coefficient (Wildman–Crippen LogP) is 3.21. The van der Waals surface area contributed by atoms with Gasteiger partial charge in [-0.2, -0.15) is 0 Å². The second-order valence-electron chi connectivity index (χ2n) is 7.52. The number of nitrogens with one attached hydrogen (secondary N) is 1. The number of rotatable bonds is 7. The Morgan fingerprint density at radius 2 is 1.68 bits per heavy atom. The molecule has 0 aliphatic heterocycles. The molecular formula is C25H21N3O3. The van der Waals surface area contributed by atoms with Crippen molar-refractivity contribution >= 4 is 17.3 Å². The third-order valence-corrected chi connectivity index (χ3v) is 5.38. The van der Waals surface area contributed by atoms with E-state index in [0.29, 0.717) is 11.3 Å². The Balaban J connectivity index is 1.65. The van der Waals surface area contributed by atoms with Gasteiger partial charge in [-0.15, -0.1) is 0 Å². The van der Waals surface area contributed by atoms with E-state index in [1.165, 1.54) is 0 Å². The maximum Gasteiger partial charge on any atom is 0.249 e. The zero-order valence-corrected chi connectivity index (χ0v) is 17.0. The van der Waals surface area contributed by atoms with Gasteiger partial charge < -0.3 is 11.1 Å². The molecule has 1 aromatic heterocycles. The molecule has 1 heterocycles. The average molecular weight is 411 g/mol. The molecule has 1 amide bonds. The molecule has 0 bridgehead atoms. The number of nitrogens with zero attached hydrogens (tertiary/aromatic N) is 1. The van der Waals surface area contributed by atoms with Crippen LogP contribution in [-0.4, -0.2) is 10.9 Å². The fourth-order valence-corrected chi connectivity index (χ4v) is 3.61. The number of carbonyl (C=O) groups excluding carboxylic acids is 1. The summed E-state index contributed by atoms with van der Waals surface area (Å²) in [5.74, 6) is -1.28. The summed E-state index contributed by atoms with van der Waals surface area (Å²) in [5, 5.41) is 2.96. The van der Waals surface area contributed by atoms with E-state index in [0.717, 1.165) is 16.7 Å². The van der Waals surface area contributed by atoms with E-state index in [2.05, 4.69) is 10.3 Å². The van der Waals surface area contributed by atoms with Gasteiger partial charge in [-0.25, -0.2) is 0 Å². The molecule has 4 aromatic rings. The number of amides is 1. The van der Waals surface area contributed by atoms with Gasteiger partial charge in [-0.1, -0.05) is 54.1 Å². The molecule has 154 valence electrons. The van der Waals surface area contributed by atoms with Crippen LogP contribution in [0.25, 0.3) is 11.1 Å². The van der Waals surface area contributed by atoms with Crippen molar-refractivity contribution in [3.63, 3.8) is 0 Å². The van der Waals surface area contributed by atoms with E-state index in [1.54, 1.807) is 24.5 Å². The van der Waals surface area contributed by atoms with Crippen LogP contribution in [0, 0.1) is 6.92 Å². The Bertz CT molecular complexity index is 1300. The highest BCUT2D eigenvalue weighted by Gasteiger charge is 2.27. The Kier molecular flexibility index (Phi) is 5.45. The minimum atomic E-state index is -0.730.